The zero-order chi connectivity index (χ0) is 16.3. The summed E-state index contributed by atoms with van der Waals surface area (Å²) in [6.45, 7) is 5.88. The van der Waals surface area contributed by atoms with Gasteiger partial charge in [0.05, 0.1) is 10.7 Å². The van der Waals surface area contributed by atoms with Crippen LogP contribution in [-0.2, 0) is 5.41 Å². The molecule has 0 saturated heterocycles. The predicted molar refractivity (Wildman–Crippen MR) is 88.4 cm³/mol. The molecule has 0 saturated carbocycles. The van der Waals surface area contributed by atoms with Gasteiger partial charge < -0.3 is 5.11 Å². The Morgan fingerprint density at radius 2 is 2.14 bits per heavy atom. The number of aromatic nitrogens is 3. The number of phenols is 1. The van der Waals surface area contributed by atoms with Crippen molar-refractivity contribution in [1.29, 1.82) is 0 Å². The van der Waals surface area contributed by atoms with Crippen LogP contribution >= 0.6 is 15.9 Å². The molecule has 116 valence electrons. The zero-order valence-electron chi connectivity index (χ0n) is 12.4. The van der Waals surface area contributed by atoms with Gasteiger partial charge in [0, 0.05) is 5.41 Å². The fraction of sp³-hybridized carbons (Fsp3) is 0.286. The van der Waals surface area contributed by atoms with Crippen LogP contribution in [-0.4, -0.2) is 26.5 Å². The minimum Gasteiger partial charge on any atom is -0.507 e. The normalized spacial score (nSPS) is 11.8. The number of hydrogen-bond donors (Lipinski definition) is 3. The van der Waals surface area contributed by atoms with E-state index in [1.54, 1.807) is 24.4 Å². The summed E-state index contributed by atoms with van der Waals surface area (Å²) in [6, 6.07) is 4.98. The summed E-state index contributed by atoms with van der Waals surface area (Å²) < 4.78 is 0.572. The number of aromatic hydroxyl groups is 1. The molecule has 0 spiro atoms. The fourth-order valence-electron chi connectivity index (χ4n) is 1.71. The third-order valence-corrected chi connectivity index (χ3v) is 3.40. The highest BCUT2D eigenvalue weighted by molar-refractivity contribution is 9.10. The largest absolute Gasteiger partial charge is 0.507 e. The van der Waals surface area contributed by atoms with E-state index in [0.717, 1.165) is 5.56 Å². The highest BCUT2D eigenvalue weighted by Crippen LogP contribution is 2.25. The summed E-state index contributed by atoms with van der Waals surface area (Å²) in [5, 5.41) is 19.9. The molecule has 0 fully saturated rings. The molecule has 2 rings (SSSR count). The molecule has 0 bridgehead atoms. The van der Waals surface area contributed by atoms with E-state index in [1.165, 1.54) is 0 Å². The summed E-state index contributed by atoms with van der Waals surface area (Å²) in [6.07, 6.45) is 1.56. The molecule has 1 aromatic carbocycles. The third-order valence-electron chi connectivity index (χ3n) is 2.77. The van der Waals surface area contributed by atoms with E-state index < -0.39 is 5.69 Å². The number of rotatable bonds is 3. The second kappa shape index (κ2) is 6.27. The number of H-pyrrole nitrogens is 1. The molecule has 0 atom stereocenters. The van der Waals surface area contributed by atoms with Gasteiger partial charge in [-0.25, -0.2) is 9.89 Å². The maximum atomic E-state index is 11.3. The molecule has 7 nitrogen and oxygen atoms in total. The molecule has 22 heavy (non-hydrogen) atoms. The Morgan fingerprint density at radius 1 is 1.41 bits per heavy atom. The molecule has 0 radical (unpaired) electrons. The lowest BCUT2D eigenvalue weighted by Gasteiger charge is -2.18. The Hall–Kier alpha value is -2.22. The first kappa shape index (κ1) is 16.2. The SMILES string of the molecule is CC(C)(C)c1n[nH]c(=O)nc1N/N=C/c1ccc(O)c(Br)c1. The number of aromatic amines is 1. The van der Waals surface area contributed by atoms with Crippen LogP contribution in [0.3, 0.4) is 0 Å². The van der Waals surface area contributed by atoms with Crippen LogP contribution in [0.25, 0.3) is 0 Å². The minimum absolute atomic E-state index is 0.153. The number of anilines is 1. The molecule has 8 heteroatoms. The summed E-state index contributed by atoms with van der Waals surface area (Å²) in [5.74, 6) is 0.464. The van der Waals surface area contributed by atoms with E-state index in [2.05, 4.69) is 41.6 Å². The van der Waals surface area contributed by atoms with Crippen LogP contribution in [0.15, 0.2) is 32.6 Å². The van der Waals surface area contributed by atoms with Gasteiger partial charge in [0.1, 0.15) is 11.4 Å². The molecule has 1 heterocycles. The van der Waals surface area contributed by atoms with Gasteiger partial charge in [-0.15, -0.1) is 0 Å². The zero-order valence-corrected chi connectivity index (χ0v) is 14.0. The summed E-state index contributed by atoms with van der Waals surface area (Å²) in [7, 11) is 0. The van der Waals surface area contributed by atoms with Crippen molar-refractivity contribution >= 4 is 28.0 Å². The topological polar surface area (TPSA) is 103 Å². The van der Waals surface area contributed by atoms with Gasteiger partial charge in [-0.2, -0.15) is 15.2 Å². The first-order valence-corrected chi connectivity index (χ1v) is 7.31. The van der Waals surface area contributed by atoms with Gasteiger partial charge in [-0.05, 0) is 39.7 Å². The van der Waals surface area contributed by atoms with E-state index in [-0.39, 0.29) is 11.2 Å². The number of benzene rings is 1. The number of nitrogens with one attached hydrogen (secondary N) is 2. The van der Waals surface area contributed by atoms with Gasteiger partial charge >= 0.3 is 5.69 Å². The molecule has 1 aromatic heterocycles. The lowest BCUT2D eigenvalue weighted by molar-refractivity contribution is 0.472. The van der Waals surface area contributed by atoms with Crippen molar-refractivity contribution in [2.75, 3.05) is 5.43 Å². The molecule has 0 unspecified atom stereocenters. The first-order chi connectivity index (χ1) is 10.3. The van der Waals surface area contributed by atoms with E-state index in [9.17, 15) is 9.90 Å². The Balaban J connectivity index is 2.24. The van der Waals surface area contributed by atoms with Crippen molar-refractivity contribution in [2.24, 2.45) is 5.10 Å². The Bertz CT molecular complexity index is 765. The van der Waals surface area contributed by atoms with E-state index in [0.29, 0.717) is 16.0 Å². The van der Waals surface area contributed by atoms with Gasteiger partial charge in [0.2, 0.25) is 0 Å². The van der Waals surface area contributed by atoms with Crippen molar-refractivity contribution in [1.82, 2.24) is 15.2 Å². The van der Waals surface area contributed by atoms with Crippen LogP contribution in [0.2, 0.25) is 0 Å². The maximum Gasteiger partial charge on any atom is 0.363 e. The summed E-state index contributed by atoms with van der Waals surface area (Å²) >= 11 is 3.23. The molecule has 0 aliphatic carbocycles. The maximum absolute atomic E-state index is 11.3. The Kier molecular flexibility index (Phi) is 4.60. The van der Waals surface area contributed by atoms with Gasteiger partial charge in [-0.1, -0.05) is 20.8 Å². The monoisotopic (exact) mass is 365 g/mol. The molecule has 0 amide bonds. The van der Waals surface area contributed by atoms with E-state index in [1.807, 2.05) is 20.8 Å². The van der Waals surface area contributed by atoms with Crippen LogP contribution in [0, 0.1) is 0 Å². The number of hydrazone groups is 1. The third kappa shape index (κ3) is 3.91. The van der Waals surface area contributed by atoms with Crippen LogP contribution in [0.4, 0.5) is 5.82 Å². The lowest BCUT2D eigenvalue weighted by Crippen LogP contribution is -2.24. The minimum atomic E-state index is -0.543. The van der Waals surface area contributed by atoms with Crippen LogP contribution in [0.5, 0.6) is 5.75 Å². The highest BCUT2D eigenvalue weighted by atomic mass is 79.9. The van der Waals surface area contributed by atoms with E-state index in [4.69, 9.17) is 0 Å². The average Bonchev–Trinajstić information content (AvgIpc) is 2.41. The molecule has 0 aliphatic heterocycles. The van der Waals surface area contributed by atoms with Crippen LogP contribution < -0.4 is 11.1 Å². The van der Waals surface area contributed by atoms with E-state index >= 15 is 0 Å². The summed E-state index contributed by atoms with van der Waals surface area (Å²) in [4.78, 5) is 15.2. The number of hydrogen-bond acceptors (Lipinski definition) is 6. The molecule has 3 N–H and O–H groups in total. The quantitative estimate of drug-likeness (QED) is 0.572. The van der Waals surface area contributed by atoms with Crippen molar-refractivity contribution < 1.29 is 5.11 Å². The van der Waals surface area contributed by atoms with Crippen molar-refractivity contribution in [3.8, 4) is 5.75 Å². The lowest BCUT2D eigenvalue weighted by atomic mass is 9.92. The van der Waals surface area contributed by atoms with Crippen molar-refractivity contribution in [3.63, 3.8) is 0 Å². The smallest absolute Gasteiger partial charge is 0.363 e. The average molecular weight is 366 g/mol. The number of phenolic OH excluding ortho intramolecular Hbond substituents is 1. The first-order valence-electron chi connectivity index (χ1n) is 6.52. The molecular weight excluding hydrogens is 350 g/mol. The van der Waals surface area contributed by atoms with Gasteiger partial charge in [-0.3, -0.25) is 5.43 Å². The predicted octanol–water partition coefficient (Wildman–Crippen LogP) is 2.38. The highest BCUT2D eigenvalue weighted by Gasteiger charge is 2.21. The Labute approximate surface area is 135 Å². The standard InChI is InChI=1S/C14H16BrN5O2/c1-14(2,3)11-12(17-13(22)20-18-11)19-16-7-8-4-5-10(21)9(15)6-8/h4-7,21H,1-3H3,(H2,17,19,20,22)/b16-7+. The van der Waals surface area contributed by atoms with Crippen molar-refractivity contribution in [3.05, 3.63) is 44.4 Å². The van der Waals surface area contributed by atoms with Crippen LogP contribution in [0.1, 0.15) is 32.0 Å². The summed E-state index contributed by atoms with van der Waals surface area (Å²) in [5.41, 5.74) is 3.28. The van der Waals surface area contributed by atoms with Gasteiger partial charge in [0.25, 0.3) is 0 Å². The number of halogens is 1. The molecule has 0 aliphatic rings. The van der Waals surface area contributed by atoms with Gasteiger partial charge in [0.15, 0.2) is 5.82 Å². The Morgan fingerprint density at radius 3 is 2.77 bits per heavy atom. The second-order valence-corrected chi connectivity index (χ2v) is 6.52. The molecular formula is C14H16BrN5O2. The number of nitrogens with zero attached hydrogens (tertiary/aromatic N) is 3. The fourth-order valence-corrected chi connectivity index (χ4v) is 2.10. The molecule has 2 aromatic rings. The van der Waals surface area contributed by atoms with Crippen molar-refractivity contribution in [2.45, 2.75) is 26.2 Å². The second-order valence-electron chi connectivity index (χ2n) is 5.67.